The van der Waals surface area contributed by atoms with Crippen LogP contribution in [0.2, 0.25) is 5.02 Å². The van der Waals surface area contributed by atoms with Crippen LogP contribution in [-0.2, 0) is 6.61 Å². The Labute approximate surface area is 107 Å². The van der Waals surface area contributed by atoms with Gasteiger partial charge in [-0.2, -0.15) is 0 Å². The zero-order chi connectivity index (χ0) is 12.4. The van der Waals surface area contributed by atoms with Gasteiger partial charge in [-0.05, 0) is 24.5 Å². The summed E-state index contributed by atoms with van der Waals surface area (Å²) < 4.78 is 0. The fourth-order valence-electron chi connectivity index (χ4n) is 2.52. The summed E-state index contributed by atoms with van der Waals surface area (Å²) in [5.74, 6) is 0.463. The predicted octanol–water partition coefficient (Wildman–Crippen LogP) is 2.04. The van der Waals surface area contributed by atoms with E-state index in [0.717, 1.165) is 24.2 Å². The van der Waals surface area contributed by atoms with Crippen LogP contribution in [0.4, 0.5) is 5.69 Å². The molecule has 2 rings (SSSR count). The first kappa shape index (κ1) is 12.7. The molecule has 0 aliphatic carbocycles. The minimum atomic E-state index is -0.00443. The Balaban J connectivity index is 2.35. The van der Waals surface area contributed by atoms with Crippen LogP contribution in [0.15, 0.2) is 18.2 Å². The first-order valence-electron chi connectivity index (χ1n) is 5.94. The first-order valence-corrected chi connectivity index (χ1v) is 6.32. The second-order valence-corrected chi connectivity index (χ2v) is 5.08. The summed E-state index contributed by atoms with van der Waals surface area (Å²) in [6.45, 7) is 3.18. The van der Waals surface area contributed by atoms with Crippen molar-refractivity contribution in [1.82, 2.24) is 0 Å². The summed E-state index contributed by atoms with van der Waals surface area (Å²) >= 11 is 6.01. The first-order chi connectivity index (χ1) is 8.17. The van der Waals surface area contributed by atoms with Gasteiger partial charge in [-0.3, -0.25) is 0 Å². The second-order valence-electron chi connectivity index (χ2n) is 4.64. The Morgan fingerprint density at radius 1 is 1.41 bits per heavy atom. The van der Waals surface area contributed by atoms with Crippen molar-refractivity contribution in [2.24, 2.45) is 5.92 Å². The Morgan fingerprint density at radius 2 is 2.18 bits per heavy atom. The highest BCUT2D eigenvalue weighted by Crippen LogP contribution is 2.33. The number of hydrogen-bond acceptors (Lipinski definition) is 3. The van der Waals surface area contributed by atoms with Crippen LogP contribution in [0.3, 0.4) is 0 Å². The van der Waals surface area contributed by atoms with Crippen LogP contribution in [0.5, 0.6) is 0 Å². The molecule has 1 saturated heterocycles. The van der Waals surface area contributed by atoms with Gasteiger partial charge in [0.05, 0.1) is 19.3 Å². The Hall–Kier alpha value is -0.770. The monoisotopic (exact) mass is 255 g/mol. The molecule has 0 aromatic heterocycles. The lowest BCUT2D eigenvalue weighted by Gasteiger charge is -2.29. The van der Waals surface area contributed by atoms with Crippen LogP contribution >= 0.6 is 11.6 Å². The quantitative estimate of drug-likeness (QED) is 0.869. The van der Waals surface area contributed by atoms with Gasteiger partial charge in [0.2, 0.25) is 0 Å². The molecular weight excluding hydrogens is 238 g/mol. The van der Waals surface area contributed by atoms with E-state index in [1.54, 1.807) is 6.07 Å². The molecule has 0 saturated carbocycles. The van der Waals surface area contributed by atoms with Gasteiger partial charge in [0, 0.05) is 22.8 Å². The second kappa shape index (κ2) is 5.25. The summed E-state index contributed by atoms with van der Waals surface area (Å²) in [6.07, 6.45) is 1.06. The molecule has 1 aliphatic rings. The van der Waals surface area contributed by atoms with Crippen molar-refractivity contribution in [3.05, 3.63) is 28.8 Å². The molecule has 1 aliphatic heterocycles. The van der Waals surface area contributed by atoms with Crippen LogP contribution < -0.4 is 4.90 Å². The Morgan fingerprint density at radius 3 is 2.82 bits per heavy atom. The molecule has 2 N–H and O–H groups in total. The molecule has 1 heterocycles. The SMILES string of the molecule is CC1CCN(c2cc(Cl)ccc2CO)C1CO. The smallest absolute Gasteiger partial charge is 0.0702 e. The van der Waals surface area contributed by atoms with Crippen molar-refractivity contribution < 1.29 is 10.2 Å². The number of anilines is 1. The van der Waals surface area contributed by atoms with Gasteiger partial charge in [0.15, 0.2) is 0 Å². The van der Waals surface area contributed by atoms with Gasteiger partial charge >= 0.3 is 0 Å². The van der Waals surface area contributed by atoms with E-state index in [-0.39, 0.29) is 19.3 Å². The fourth-order valence-corrected chi connectivity index (χ4v) is 2.69. The normalized spacial score (nSPS) is 24.4. The zero-order valence-electron chi connectivity index (χ0n) is 9.93. The number of nitrogens with zero attached hydrogens (tertiary/aromatic N) is 1. The van der Waals surface area contributed by atoms with Gasteiger partial charge < -0.3 is 15.1 Å². The van der Waals surface area contributed by atoms with Crippen molar-refractivity contribution in [3.8, 4) is 0 Å². The number of halogens is 1. The Kier molecular flexibility index (Phi) is 3.92. The summed E-state index contributed by atoms with van der Waals surface area (Å²) in [5, 5.41) is 19.5. The van der Waals surface area contributed by atoms with Crippen molar-refractivity contribution in [1.29, 1.82) is 0 Å². The molecule has 0 amide bonds. The molecule has 4 heteroatoms. The Bertz CT molecular complexity index is 397. The van der Waals surface area contributed by atoms with E-state index >= 15 is 0 Å². The van der Waals surface area contributed by atoms with Crippen LogP contribution in [-0.4, -0.2) is 29.4 Å². The largest absolute Gasteiger partial charge is 0.394 e. The van der Waals surface area contributed by atoms with Gasteiger partial charge in [-0.25, -0.2) is 0 Å². The number of benzene rings is 1. The van der Waals surface area contributed by atoms with Crippen LogP contribution in [0.25, 0.3) is 0 Å². The molecular formula is C13H18ClNO2. The van der Waals surface area contributed by atoms with E-state index in [1.165, 1.54) is 0 Å². The minimum Gasteiger partial charge on any atom is -0.394 e. The maximum absolute atomic E-state index is 9.46. The summed E-state index contributed by atoms with van der Waals surface area (Å²) in [7, 11) is 0. The number of aliphatic hydroxyl groups excluding tert-OH is 2. The lowest BCUT2D eigenvalue weighted by atomic mass is 10.0. The highest BCUT2D eigenvalue weighted by atomic mass is 35.5. The average molecular weight is 256 g/mol. The molecule has 3 nitrogen and oxygen atoms in total. The van der Waals surface area contributed by atoms with Crippen molar-refractivity contribution in [2.75, 3.05) is 18.1 Å². The molecule has 0 spiro atoms. The maximum atomic E-state index is 9.46. The van der Waals surface area contributed by atoms with E-state index < -0.39 is 0 Å². The highest BCUT2D eigenvalue weighted by molar-refractivity contribution is 6.30. The van der Waals surface area contributed by atoms with Crippen molar-refractivity contribution in [3.63, 3.8) is 0 Å². The van der Waals surface area contributed by atoms with E-state index in [4.69, 9.17) is 11.6 Å². The van der Waals surface area contributed by atoms with Crippen molar-refractivity contribution >= 4 is 17.3 Å². The standard InChI is InChI=1S/C13H18ClNO2/c1-9-4-5-15(13(9)8-17)12-6-11(14)3-2-10(12)7-16/h2-3,6,9,13,16-17H,4-5,7-8H2,1H3. The predicted molar refractivity (Wildman–Crippen MR) is 69.4 cm³/mol. The third kappa shape index (κ3) is 2.41. The topological polar surface area (TPSA) is 43.7 Å². The lowest BCUT2D eigenvalue weighted by Crippen LogP contribution is -2.35. The average Bonchev–Trinajstić information content (AvgIpc) is 2.70. The summed E-state index contributed by atoms with van der Waals surface area (Å²) in [6, 6.07) is 5.62. The third-order valence-electron chi connectivity index (χ3n) is 3.60. The van der Waals surface area contributed by atoms with Crippen LogP contribution in [0, 0.1) is 5.92 Å². The van der Waals surface area contributed by atoms with E-state index in [9.17, 15) is 10.2 Å². The van der Waals surface area contributed by atoms with Gasteiger partial charge in [0.25, 0.3) is 0 Å². The minimum absolute atomic E-state index is 0.00443. The molecule has 1 aromatic rings. The molecule has 94 valence electrons. The van der Waals surface area contributed by atoms with Gasteiger partial charge in [0.1, 0.15) is 0 Å². The summed E-state index contributed by atoms with van der Waals surface area (Å²) in [5.41, 5.74) is 1.81. The number of aliphatic hydroxyl groups is 2. The summed E-state index contributed by atoms with van der Waals surface area (Å²) in [4.78, 5) is 2.15. The fraction of sp³-hybridized carbons (Fsp3) is 0.538. The zero-order valence-corrected chi connectivity index (χ0v) is 10.7. The number of rotatable bonds is 3. The molecule has 1 fully saturated rings. The van der Waals surface area contributed by atoms with Crippen molar-refractivity contribution in [2.45, 2.75) is 26.0 Å². The van der Waals surface area contributed by atoms with Crippen LogP contribution in [0.1, 0.15) is 18.9 Å². The van der Waals surface area contributed by atoms with E-state index in [2.05, 4.69) is 11.8 Å². The molecule has 1 aromatic carbocycles. The van der Waals surface area contributed by atoms with E-state index in [1.807, 2.05) is 12.1 Å². The highest BCUT2D eigenvalue weighted by Gasteiger charge is 2.31. The van der Waals surface area contributed by atoms with Gasteiger partial charge in [-0.15, -0.1) is 0 Å². The molecule has 2 unspecified atom stereocenters. The number of hydrogen-bond donors (Lipinski definition) is 2. The molecule has 0 bridgehead atoms. The molecule has 0 radical (unpaired) electrons. The lowest BCUT2D eigenvalue weighted by molar-refractivity contribution is 0.243. The third-order valence-corrected chi connectivity index (χ3v) is 3.83. The maximum Gasteiger partial charge on any atom is 0.0702 e. The van der Waals surface area contributed by atoms with Gasteiger partial charge in [-0.1, -0.05) is 24.6 Å². The molecule has 17 heavy (non-hydrogen) atoms. The van der Waals surface area contributed by atoms with E-state index in [0.29, 0.717) is 10.9 Å². The molecule has 2 atom stereocenters.